The van der Waals surface area contributed by atoms with Crippen LogP contribution in [0.2, 0.25) is 0 Å². The van der Waals surface area contributed by atoms with E-state index in [4.69, 9.17) is 5.11 Å². The zero-order chi connectivity index (χ0) is 19.2. The Labute approximate surface area is 156 Å². The summed E-state index contributed by atoms with van der Waals surface area (Å²) in [6.45, 7) is 0. The maximum absolute atomic E-state index is 12.2. The van der Waals surface area contributed by atoms with E-state index in [9.17, 15) is 9.59 Å². The van der Waals surface area contributed by atoms with Gasteiger partial charge in [0, 0.05) is 24.5 Å². The lowest BCUT2D eigenvalue weighted by Crippen LogP contribution is -2.20. The van der Waals surface area contributed by atoms with E-state index in [-0.39, 0.29) is 12.3 Å². The summed E-state index contributed by atoms with van der Waals surface area (Å²) in [4.78, 5) is 31.7. The number of amides is 1. The van der Waals surface area contributed by atoms with Crippen LogP contribution >= 0.6 is 0 Å². The van der Waals surface area contributed by atoms with Gasteiger partial charge in [-0.05, 0) is 17.7 Å². The topological polar surface area (TPSA) is 104 Å². The molecule has 3 aromatic rings. The van der Waals surface area contributed by atoms with Crippen LogP contribution in [0.15, 0.2) is 60.8 Å². The zero-order valence-corrected chi connectivity index (χ0v) is 14.6. The third kappa shape index (κ3) is 4.46. The van der Waals surface area contributed by atoms with E-state index in [0.717, 1.165) is 5.56 Å². The Morgan fingerprint density at radius 2 is 1.74 bits per heavy atom. The van der Waals surface area contributed by atoms with E-state index in [1.54, 1.807) is 24.3 Å². The Morgan fingerprint density at radius 1 is 1.04 bits per heavy atom. The molecule has 0 bridgehead atoms. The first-order valence-corrected chi connectivity index (χ1v) is 8.29. The van der Waals surface area contributed by atoms with Gasteiger partial charge in [0.05, 0.1) is 6.42 Å². The molecule has 0 aliphatic carbocycles. The van der Waals surface area contributed by atoms with Crippen molar-refractivity contribution >= 4 is 23.4 Å². The third-order valence-corrected chi connectivity index (χ3v) is 3.86. The average Bonchev–Trinajstić information content (AvgIpc) is 2.69. The maximum atomic E-state index is 12.2. The quantitative estimate of drug-likeness (QED) is 0.623. The van der Waals surface area contributed by atoms with Gasteiger partial charge in [0.25, 0.3) is 5.91 Å². The number of carboxylic acid groups (broad SMARTS) is 1. The molecule has 0 atom stereocenters. The van der Waals surface area contributed by atoms with Crippen molar-refractivity contribution in [2.45, 2.75) is 6.42 Å². The fourth-order valence-electron chi connectivity index (χ4n) is 2.52. The summed E-state index contributed by atoms with van der Waals surface area (Å²) in [5.41, 5.74) is 2.52. The second-order valence-electron chi connectivity index (χ2n) is 5.79. The summed E-state index contributed by atoms with van der Waals surface area (Å²) in [7, 11) is 1.54. The van der Waals surface area contributed by atoms with E-state index >= 15 is 0 Å². The second-order valence-corrected chi connectivity index (χ2v) is 5.79. The minimum absolute atomic E-state index is 0.0462. The van der Waals surface area contributed by atoms with Crippen molar-refractivity contribution in [1.29, 1.82) is 0 Å². The van der Waals surface area contributed by atoms with Crippen LogP contribution in [0.1, 0.15) is 15.9 Å². The van der Waals surface area contributed by atoms with Crippen LogP contribution in [-0.2, 0) is 11.2 Å². The van der Waals surface area contributed by atoms with Crippen molar-refractivity contribution < 1.29 is 14.7 Å². The molecule has 0 unspecified atom stereocenters. The van der Waals surface area contributed by atoms with Crippen molar-refractivity contribution in [3.05, 3.63) is 71.9 Å². The Bertz CT molecular complexity index is 957. The number of carboxylic acids is 1. The lowest BCUT2D eigenvalue weighted by Gasteiger charge is -2.12. The summed E-state index contributed by atoms with van der Waals surface area (Å²) < 4.78 is 0. The van der Waals surface area contributed by atoms with Crippen LogP contribution in [0.4, 0.5) is 11.5 Å². The van der Waals surface area contributed by atoms with E-state index in [0.29, 0.717) is 28.5 Å². The summed E-state index contributed by atoms with van der Waals surface area (Å²) in [6.07, 6.45) is 1.44. The first-order valence-electron chi connectivity index (χ1n) is 8.29. The average molecular weight is 362 g/mol. The molecule has 1 aromatic heterocycles. The molecule has 0 aliphatic rings. The Morgan fingerprint density at radius 3 is 2.37 bits per heavy atom. The fourth-order valence-corrected chi connectivity index (χ4v) is 2.52. The van der Waals surface area contributed by atoms with Crippen molar-refractivity contribution in [3.63, 3.8) is 0 Å². The van der Waals surface area contributed by atoms with Crippen LogP contribution in [0.5, 0.6) is 0 Å². The third-order valence-electron chi connectivity index (χ3n) is 3.86. The Balaban J connectivity index is 1.94. The monoisotopic (exact) mass is 362 g/mol. The number of nitrogens with zero attached hydrogens (tertiary/aromatic N) is 2. The van der Waals surface area contributed by atoms with Gasteiger partial charge in [-0.1, -0.05) is 42.5 Å². The number of carbonyl (C=O) groups excluding carboxylic acids is 1. The molecular weight excluding hydrogens is 344 g/mol. The van der Waals surface area contributed by atoms with Crippen LogP contribution < -0.4 is 10.6 Å². The van der Waals surface area contributed by atoms with Crippen LogP contribution in [0.25, 0.3) is 11.4 Å². The number of rotatable bonds is 6. The smallest absolute Gasteiger partial charge is 0.307 e. The molecule has 0 fully saturated rings. The molecule has 3 N–H and O–H groups in total. The number of carbonyl (C=O) groups is 2. The van der Waals surface area contributed by atoms with Crippen molar-refractivity contribution in [1.82, 2.24) is 15.3 Å². The number of hydrogen-bond donors (Lipinski definition) is 3. The van der Waals surface area contributed by atoms with Crippen LogP contribution in [0, 0.1) is 0 Å². The van der Waals surface area contributed by atoms with E-state index in [1.165, 1.54) is 13.2 Å². The molecule has 7 heteroatoms. The predicted molar refractivity (Wildman–Crippen MR) is 102 cm³/mol. The highest BCUT2D eigenvalue weighted by Gasteiger charge is 2.15. The molecule has 0 spiro atoms. The van der Waals surface area contributed by atoms with Gasteiger partial charge in [-0.2, -0.15) is 0 Å². The first-order chi connectivity index (χ1) is 13.1. The molecule has 1 amide bonds. The highest BCUT2D eigenvalue weighted by Crippen LogP contribution is 2.23. The Kier molecular flexibility index (Phi) is 5.41. The maximum Gasteiger partial charge on any atom is 0.307 e. The first kappa shape index (κ1) is 18.1. The predicted octanol–water partition coefficient (Wildman–Crippen LogP) is 2.87. The van der Waals surface area contributed by atoms with Gasteiger partial charge < -0.3 is 15.7 Å². The standard InChI is InChI=1S/C20H18N4O3/c1-21-20(27)16-12-22-18(14-5-3-2-4-6-14)24-19(16)23-15-9-7-13(8-10-15)11-17(25)26/h2-10,12H,11H2,1H3,(H,21,27)(H,25,26)(H,22,23,24). The number of anilines is 2. The summed E-state index contributed by atoms with van der Waals surface area (Å²) in [6, 6.07) is 16.4. The highest BCUT2D eigenvalue weighted by atomic mass is 16.4. The zero-order valence-electron chi connectivity index (χ0n) is 14.6. The molecule has 0 saturated carbocycles. The number of nitrogens with one attached hydrogen (secondary N) is 2. The van der Waals surface area contributed by atoms with Gasteiger partial charge in [-0.3, -0.25) is 9.59 Å². The molecule has 0 radical (unpaired) electrons. The lowest BCUT2D eigenvalue weighted by molar-refractivity contribution is -0.136. The van der Waals surface area contributed by atoms with Gasteiger partial charge in [-0.25, -0.2) is 9.97 Å². The molecule has 136 valence electrons. The molecule has 0 saturated heterocycles. The SMILES string of the molecule is CNC(=O)c1cnc(-c2ccccc2)nc1Nc1ccc(CC(=O)O)cc1. The van der Waals surface area contributed by atoms with E-state index in [2.05, 4.69) is 20.6 Å². The summed E-state index contributed by atoms with van der Waals surface area (Å²) >= 11 is 0. The normalized spacial score (nSPS) is 10.3. The van der Waals surface area contributed by atoms with Crippen molar-refractivity contribution in [2.24, 2.45) is 0 Å². The second kappa shape index (κ2) is 8.09. The summed E-state index contributed by atoms with van der Waals surface area (Å²) in [5.74, 6) is -0.331. The van der Waals surface area contributed by atoms with Crippen molar-refractivity contribution in [2.75, 3.05) is 12.4 Å². The number of benzene rings is 2. The molecular formula is C20H18N4O3. The van der Waals surface area contributed by atoms with Gasteiger partial charge in [0.2, 0.25) is 0 Å². The molecule has 0 aliphatic heterocycles. The van der Waals surface area contributed by atoms with Crippen LogP contribution in [0.3, 0.4) is 0 Å². The Hall–Kier alpha value is -3.74. The lowest BCUT2D eigenvalue weighted by atomic mass is 10.1. The van der Waals surface area contributed by atoms with E-state index < -0.39 is 5.97 Å². The van der Waals surface area contributed by atoms with Gasteiger partial charge >= 0.3 is 5.97 Å². The molecule has 7 nitrogen and oxygen atoms in total. The number of hydrogen-bond acceptors (Lipinski definition) is 5. The van der Waals surface area contributed by atoms with Gasteiger partial charge in [-0.15, -0.1) is 0 Å². The van der Waals surface area contributed by atoms with Crippen molar-refractivity contribution in [3.8, 4) is 11.4 Å². The van der Waals surface area contributed by atoms with E-state index in [1.807, 2.05) is 30.3 Å². The highest BCUT2D eigenvalue weighted by molar-refractivity contribution is 5.99. The number of aliphatic carboxylic acids is 1. The molecule has 3 rings (SSSR count). The minimum Gasteiger partial charge on any atom is -0.481 e. The van der Waals surface area contributed by atoms with Gasteiger partial charge in [0.1, 0.15) is 11.4 Å². The minimum atomic E-state index is -0.888. The molecule has 1 heterocycles. The molecule has 2 aromatic carbocycles. The summed E-state index contributed by atoms with van der Waals surface area (Å²) in [5, 5.41) is 14.6. The molecule has 27 heavy (non-hydrogen) atoms. The fraction of sp³-hybridized carbons (Fsp3) is 0.100. The van der Waals surface area contributed by atoms with Gasteiger partial charge in [0.15, 0.2) is 5.82 Å². The largest absolute Gasteiger partial charge is 0.481 e. The number of aromatic nitrogens is 2. The van der Waals surface area contributed by atoms with Crippen LogP contribution in [-0.4, -0.2) is 34.0 Å².